The van der Waals surface area contributed by atoms with Crippen LogP contribution in [0.3, 0.4) is 0 Å². The monoisotopic (exact) mass is 246 g/mol. The summed E-state index contributed by atoms with van der Waals surface area (Å²) in [7, 11) is 0. The van der Waals surface area contributed by atoms with Crippen LogP contribution in [-0.2, 0) is 6.42 Å². The van der Waals surface area contributed by atoms with Gasteiger partial charge in [-0.05, 0) is 31.0 Å². The maximum absolute atomic E-state index is 4.42. The van der Waals surface area contributed by atoms with Crippen molar-refractivity contribution < 1.29 is 0 Å². The van der Waals surface area contributed by atoms with E-state index in [9.17, 15) is 0 Å². The number of rotatable bonds is 5. The van der Waals surface area contributed by atoms with Gasteiger partial charge in [0.2, 0.25) is 0 Å². The zero-order chi connectivity index (χ0) is 12.1. The number of aryl methyl sites for hydroxylation is 1. The molecule has 2 rings (SSSR count). The number of hydrogen-bond acceptors (Lipinski definition) is 3. The molecule has 0 aliphatic carbocycles. The van der Waals surface area contributed by atoms with Gasteiger partial charge in [0, 0.05) is 5.38 Å². The summed E-state index contributed by atoms with van der Waals surface area (Å²) in [5.74, 6) is 0. The normalized spacial score (nSPS) is 12.6. The Hall–Kier alpha value is -1.19. The van der Waals surface area contributed by atoms with Crippen molar-refractivity contribution in [2.24, 2.45) is 0 Å². The second-order valence-corrected chi connectivity index (χ2v) is 4.87. The first-order valence-electron chi connectivity index (χ1n) is 5.97. The lowest BCUT2D eigenvalue weighted by molar-refractivity contribution is 0.538. The minimum Gasteiger partial charge on any atom is -0.309 e. The first-order valence-corrected chi connectivity index (χ1v) is 6.91. The predicted octanol–water partition coefficient (Wildman–Crippen LogP) is 3.34. The number of nitrogens with zero attached hydrogens (tertiary/aromatic N) is 1. The average Bonchev–Trinajstić information content (AvgIpc) is 2.85. The minimum absolute atomic E-state index is 0.326. The molecular formula is C14H18N2S. The van der Waals surface area contributed by atoms with E-state index in [1.807, 2.05) is 5.51 Å². The molecule has 1 N–H and O–H groups in total. The summed E-state index contributed by atoms with van der Waals surface area (Å²) in [5.41, 5.74) is 5.80. The molecule has 90 valence electrons. The Labute approximate surface area is 107 Å². The number of benzene rings is 1. The molecule has 1 aromatic heterocycles. The van der Waals surface area contributed by atoms with Crippen LogP contribution in [0.15, 0.2) is 35.2 Å². The molecule has 0 aliphatic heterocycles. The molecule has 0 bridgehead atoms. The Morgan fingerprint density at radius 3 is 2.82 bits per heavy atom. The largest absolute Gasteiger partial charge is 0.309 e. The molecule has 0 radical (unpaired) electrons. The summed E-state index contributed by atoms with van der Waals surface area (Å²) in [4.78, 5) is 4.42. The van der Waals surface area contributed by atoms with Crippen molar-refractivity contribution in [3.8, 4) is 0 Å². The zero-order valence-electron chi connectivity index (χ0n) is 10.3. The second-order valence-electron chi connectivity index (χ2n) is 4.15. The molecule has 1 heterocycles. The van der Waals surface area contributed by atoms with Crippen molar-refractivity contribution in [1.29, 1.82) is 0 Å². The van der Waals surface area contributed by atoms with Gasteiger partial charge in [-0.1, -0.05) is 31.2 Å². The predicted molar refractivity (Wildman–Crippen MR) is 73.4 cm³/mol. The quantitative estimate of drug-likeness (QED) is 0.875. The van der Waals surface area contributed by atoms with Gasteiger partial charge in [0.1, 0.15) is 0 Å². The van der Waals surface area contributed by atoms with Crippen LogP contribution < -0.4 is 5.32 Å². The van der Waals surface area contributed by atoms with Crippen LogP contribution in [0.5, 0.6) is 0 Å². The summed E-state index contributed by atoms with van der Waals surface area (Å²) in [6, 6.07) is 8.88. The Bertz CT molecular complexity index is 451. The number of likely N-dealkylation sites (N-methyl/N-ethyl adjacent to an activating group) is 1. The van der Waals surface area contributed by atoms with E-state index in [0.717, 1.165) is 18.7 Å². The molecule has 0 saturated heterocycles. The lowest BCUT2D eigenvalue weighted by Crippen LogP contribution is -2.23. The average molecular weight is 246 g/mol. The van der Waals surface area contributed by atoms with E-state index in [0.29, 0.717) is 6.04 Å². The van der Waals surface area contributed by atoms with E-state index in [-0.39, 0.29) is 0 Å². The highest BCUT2D eigenvalue weighted by Crippen LogP contribution is 2.20. The lowest BCUT2D eigenvalue weighted by Gasteiger charge is -2.17. The molecule has 1 atom stereocenters. The van der Waals surface area contributed by atoms with Gasteiger partial charge in [0.05, 0.1) is 17.2 Å². The van der Waals surface area contributed by atoms with Crippen LogP contribution in [0.25, 0.3) is 0 Å². The molecule has 3 heteroatoms. The molecule has 0 amide bonds. The third-order valence-electron chi connectivity index (χ3n) is 2.94. The number of hydrogen-bond donors (Lipinski definition) is 1. The van der Waals surface area contributed by atoms with E-state index in [2.05, 4.69) is 53.8 Å². The fourth-order valence-electron chi connectivity index (χ4n) is 1.98. The van der Waals surface area contributed by atoms with Gasteiger partial charge in [0.15, 0.2) is 0 Å². The van der Waals surface area contributed by atoms with Gasteiger partial charge in [0.25, 0.3) is 0 Å². The van der Waals surface area contributed by atoms with Gasteiger partial charge in [-0.15, -0.1) is 11.3 Å². The van der Waals surface area contributed by atoms with E-state index in [1.54, 1.807) is 11.3 Å². The van der Waals surface area contributed by atoms with Gasteiger partial charge < -0.3 is 5.32 Å². The highest BCUT2D eigenvalue weighted by Gasteiger charge is 2.13. The van der Waals surface area contributed by atoms with Crippen molar-refractivity contribution in [3.63, 3.8) is 0 Å². The fraction of sp³-hybridized carbons (Fsp3) is 0.357. The van der Waals surface area contributed by atoms with Gasteiger partial charge in [-0.2, -0.15) is 0 Å². The van der Waals surface area contributed by atoms with Crippen molar-refractivity contribution in [2.45, 2.75) is 26.3 Å². The lowest BCUT2D eigenvalue weighted by atomic mass is 10.00. The number of nitrogens with one attached hydrogen (secondary N) is 1. The van der Waals surface area contributed by atoms with E-state index in [1.165, 1.54) is 11.1 Å². The molecular weight excluding hydrogens is 228 g/mol. The van der Waals surface area contributed by atoms with Crippen LogP contribution in [-0.4, -0.2) is 11.5 Å². The Kier molecular flexibility index (Phi) is 4.29. The number of thiazole rings is 1. The van der Waals surface area contributed by atoms with Crippen LogP contribution in [0, 0.1) is 6.92 Å². The summed E-state index contributed by atoms with van der Waals surface area (Å²) in [5, 5.41) is 5.64. The highest BCUT2D eigenvalue weighted by molar-refractivity contribution is 7.07. The molecule has 0 saturated carbocycles. The van der Waals surface area contributed by atoms with Crippen LogP contribution in [0.2, 0.25) is 0 Å². The van der Waals surface area contributed by atoms with Gasteiger partial charge >= 0.3 is 0 Å². The molecule has 0 fully saturated rings. The second kappa shape index (κ2) is 5.94. The molecule has 0 spiro atoms. The van der Waals surface area contributed by atoms with Crippen LogP contribution >= 0.6 is 11.3 Å². The maximum Gasteiger partial charge on any atom is 0.0795 e. The summed E-state index contributed by atoms with van der Waals surface area (Å²) in [6.07, 6.45) is 1.00. The van der Waals surface area contributed by atoms with Gasteiger partial charge in [-0.25, -0.2) is 4.98 Å². The Morgan fingerprint density at radius 2 is 2.18 bits per heavy atom. The summed E-state index contributed by atoms with van der Waals surface area (Å²) >= 11 is 1.66. The smallest absolute Gasteiger partial charge is 0.0795 e. The van der Waals surface area contributed by atoms with Crippen LogP contribution in [0.4, 0.5) is 0 Å². The van der Waals surface area contributed by atoms with Crippen LogP contribution in [0.1, 0.15) is 29.8 Å². The van der Waals surface area contributed by atoms with Crippen molar-refractivity contribution >= 4 is 11.3 Å². The number of aromatic nitrogens is 1. The molecule has 17 heavy (non-hydrogen) atoms. The highest BCUT2D eigenvalue weighted by atomic mass is 32.1. The topological polar surface area (TPSA) is 24.9 Å². The molecule has 2 aromatic rings. The molecule has 1 aromatic carbocycles. The summed E-state index contributed by atoms with van der Waals surface area (Å²) < 4.78 is 0. The van der Waals surface area contributed by atoms with E-state index in [4.69, 9.17) is 0 Å². The fourth-order valence-corrected chi connectivity index (χ4v) is 2.59. The van der Waals surface area contributed by atoms with Crippen molar-refractivity contribution in [3.05, 3.63) is 52.0 Å². The van der Waals surface area contributed by atoms with Crippen molar-refractivity contribution in [2.75, 3.05) is 6.54 Å². The summed E-state index contributed by atoms with van der Waals surface area (Å²) in [6.45, 7) is 5.27. The van der Waals surface area contributed by atoms with Crippen molar-refractivity contribution in [1.82, 2.24) is 10.3 Å². The zero-order valence-corrected chi connectivity index (χ0v) is 11.1. The minimum atomic E-state index is 0.326. The first kappa shape index (κ1) is 12.3. The standard InChI is InChI=1S/C14H18N2S/c1-3-15-13(14-9-17-10-16-14)8-12-7-5-4-6-11(12)2/h4-7,9-10,13,15H,3,8H2,1-2H3. The van der Waals surface area contributed by atoms with E-state index < -0.39 is 0 Å². The SMILES string of the molecule is CCNC(Cc1ccccc1C)c1cscn1. The molecule has 1 unspecified atom stereocenters. The van der Waals surface area contributed by atoms with Gasteiger partial charge in [-0.3, -0.25) is 0 Å². The van der Waals surface area contributed by atoms with E-state index >= 15 is 0 Å². The third kappa shape index (κ3) is 3.14. The maximum atomic E-state index is 4.42. The third-order valence-corrected chi connectivity index (χ3v) is 3.55. The Morgan fingerprint density at radius 1 is 1.35 bits per heavy atom. The molecule has 0 aliphatic rings. The Balaban J connectivity index is 2.16. The first-order chi connectivity index (χ1) is 8.31. The molecule has 2 nitrogen and oxygen atoms in total.